The van der Waals surface area contributed by atoms with Gasteiger partial charge in [-0.15, -0.1) is 0 Å². The standard InChI is InChI=1S/C20H23FN2O4S/c1-15-2-5-17(14-19(15)28(25,26)23-10-12-27-13-11-23)20(24)22-9-8-16-3-6-18(21)7-4-16/h2-7,14H,8-13H2,1H3,(H,22,24). The number of benzene rings is 2. The van der Waals surface area contributed by atoms with Crippen molar-refractivity contribution in [1.82, 2.24) is 9.62 Å². The van der Waals surface area contributed by atoms with E-state index in [2.05, 4.69) is 5.32 Å². The van der Waals surface area contributed by atoms with Gasteiger partial charge in [0.2, 0.25) is 10.0 Å². The van der Waals surface area contributed by atoms with Crippen LogP contribution in [-0.4, -0.2) is 51.5 Å². The lowest BCUT2D eigenvalue weighted by molar-refractivity contribution is 0.0730. The van der Waals surface area contributed by atoms with Crippen molar-refractivity contribution in [2.45, 2.75) is 18.2 Å². The summed E-state index contributed by atoms with van der Waals surface area (Å²) in [4.78, 5) is 12.6. The molecule has 1 saturated heterocycles. The molecule has 2 aromatic carbocycles. The molecule has 28 heavy (non-hydrogen) atoms. The van der Waals surface area contributed by atoms with Crippen LogP contribution < -0.4 is 5.32 Å². The van der Waals surface area contributed by atoms with Gasteiger partial charge in [-0.3, -0.25) is 4.79 Å². The Labute approximate surface area is 164 Å². The largest absolute Gasteiger partial charge is 0.379 e. The van der Waals surface area contributed by atoms with E-state index in [4.69, 9.17) is 4.74 Å². The molecule has 1 N–H and O–H groups in total. The predicted octanol–water partition coefficient (Wildman–Crippen LogP) is 2.13. The monoisotopic (exact) mass is 406 g/mol. The Morgan fingerprint density at radius 1 is 1.14 bits per heavy atom. The van der Waals surface area contributed by atoms with Crippen LogP contribution in [-0.2, 0) is 21.2 Å². The summed E-state index contributed by atoms with van der Waals surface area (Å²) in [5.74, 6) is -0.651. The molecule has 0 bridgehead atoms. The van der Waals surface area contributed by atoms with E-state index < -0.39 is 10.0 Å². The fourth-order valence-corrected chi connectivity index (χ4v) is 4.68. The summed E-state index contributed by atoms with van der Waals surface area (Å²) in [6.45, 7) is 3.41. The molecule has 0 saturated carbocycles. The molecular weight excluding hydrogens is 383 g/mol. The molecule has 150 valence electrons. The lowest BCUT2D eigenvalue weighted by Gasteiger charge is -2.26. The third-order valence-corrected chi connectivity index (χ3v) is 6.69. The molecule has 0 aliphatic carbocycles. The molecule has 1 fully saturated rings. The number of amides is 1. The van der Waals surface area contributed by atoms with Crippen LogP contribution in [0.1, 0.15) is 21.5 Å². The number of nitrogens with one attached hydrogen (secondary N) is 1. The number of ether oxygens (including phenoxy) is 1. The van der Waals surface area contributed by atoms with Gasteiger partial charge in [-0.05, 0) is 48.7 Å². The van der Waals surface area contributed by atoms with Crippen molar-refractivity contribution >= 4 is 15.9 Å². The molecule has 8 heteroatoms. The summed E-state index contributed by atoms with van der Waals surface area (Å²) in [5, 5.41) is 2.78. The molecule has 1 aliphatic heterocycles. The van der Waals surface area contributed by atoms with Gasteiger partial charge in [0, 0.05) is 25.2 Å². The number of morpholine rings is 1. The first kappa shape index (κ1) is 20.4. The van der Waals surface area contributed by atoms with E-state index in [1.54, 1.807) is 31.2 Å². The number of carbonyl (C=O) groups is 1. The van der Waals surface area contributed by atoms with Crippen LogP contribution in [0.3, 0.4) is 0 Å². The first-order valence-corrected chi connectivity index (χ1v) is 10.5. The van der Waals surface area contributed by atoms with Crippen molar-refractivity contribution in [2.24, 2.45) is 0 Å². The van der Waals surface area contributed by atoms with Crippen molar-refractivity contribution in [3.8, 4) is 0 Å². The minimum absolute atomic E-state index is 0.139. The Bertz CT molecular complexity index is 939. The minimum Gasteiger partial charge on any atom is -0.379 e. The van der Waals surface area contributed by atoms with Gasteiger partial charge in [0.1, 0.15) is 5.82 Å². The fraction of sp³-hybridized carbons (Fsp3) is 0.350. The van der Waals surface area contributed by atoms with Gasteiger partial charge in [0.15, 0.2) is 0 Å². The lowest BCUT2D eigenvalue weighted by atomic mass is 10.1. The fourth-order valence-electron chi connectivity index (χ4n) is 3.02. The highest BCUT2D eigenvalue weighted by atomic mass is 32.2. The summed E-state index contributed by atoms with van der Waals surface area (Å²) in [5.41, 5.74) is 1.78. The highest BCUT2D eigenvalue weighted by molar-refractivity contribution is 7.89. The highest BCUT2D eigenvalue weighted by Gasteiger charge is 2.28. The Balaban J connectivity index is 1.69. The average molecular weight is 406 g/mol. The minimum atomic E-state index is -3.68. The second kappa shape index (κ2) is 8.81. The van der Waals surface area contributed by atoms with Gasteiger partial charge in [-0.25, -0.2) is 12.8 Å². The molecule has 1 aliphatic rings. The highest BCUT2D eigenvalue weighted by Crippen LogP contribution is 2.22. The Morgan fingerprint density at radius 2 is 1.82 bits per heavy atom. The Hall–Kier alpha value is -2.29. The van der Waals surface area contributed by atoms with Gasteiger partial charge in [0.05, 0.1) is 18.1 Å². The van der Waals surface area contributed by atoms with Crippen molar-refractivity contribution in [1.29, 1.82) is 0 Å². The van der Waals surface area contributed by atoms with Crippen LogP contribution in [0.15, 0.2) is 47.4 Å². The van der Waals surface area contributed by atoms with E-state index in [0.717, 1.165) is 5.56 Å². The van der Waals surface area contributed by atoms with E-state index in [1.165, 1.54) is 22.5 Å². The molecule has 3 rings (SSSR count). The normalized spacial score (nSPS) is 15.4. The third-order valence-electron chi connectivity index (χ3n) is 4.65. The number of carbonyl (C=O) groups excluding carboxylic acids is 1. The first-order valence-electron chi connectivity index (χ1n) is 9.09. The summed E-state index contributed by atoms with van der Waals surface area (Å²) in [7, 11) is -3.68. The zero-order valence-corrected chi connectivity index (χ0v) is 16.5. The zero-order chi connectivity index (χ0) is 20.1. The number of rotatable bonds is 6. The smallest absolute Gasteiger partial charge is 0.251 e. The molecule has 0 aromatic heterocycles. The van der Waals surface area contributed by atoms with E-state index in [9.17, 15) is 17.6 Å². The maximum Gasteiger partial charge on any atom is 0.251 e. The predicted molar refractivity (Wildman–Crippen MR) is 103 cm³/mol. The quantitative estimate of drug-likeness (QED) is 0.798. The van der Waals surface area contributed by atoms with Crippen molar-refractivity contribution < 1.29 is 22.3 Å². The SMILES string of the molecule is Cc1ccc(C(=O)NCCc2ccc(F)cc2)cc1S(=O)(=O)N1CCOCC1. The van der Waals surface area contributed by atoms with Crippen LogP contribution in [0.5, 0.6) is 0 Å². The second-order valence-corrected chi connectivity index (χ2v) is 8.54. The molecule has 2 aromatic rings. The van der Waals surface area contributed by atoms with Gasteiger partial charge >= 0.3 is 0 Å². The van der Waals surface area contributed by atoms with Crippen molar-refractivity contribution in [3.63, 3.8) is 0 Å². The number of nitrogens with zero attached hydrogens (tertiary/aromatic N) is 1. The van der Waals surface area contributed by atoms with Crippen LogP contribution in [0, 0.1) is 12.7 Å². The molecule has 0 spiro atoms. The van der Waals surface area contributed by atoms with Crippen molar-refractivity contribution in [3.05, 3.63) is 65.0 Å². The maximum absolute atomic E-state index is 12.9. The van der Waals surface area contributed by atoms with Crippen molar-refractivity contribution in [2.75, 3.05) is 32.8 Å². The van der Waals surface area contributed by atoms with Crippen LogP contribution >= 0.6 is 0 Å². The Morgan fingerprint density at radius 3 is 2.50 bits per heavy atom. The molecule has 0 radical (unpaired) electrons. The molecule has 1 amide bonds. The number of hydrogen-bond acceptors (Lipinski definition) is 4. The van der Waals surface area contributed by atoms with Gasteiger partial charge in [-0.1, -0.05) is 18.2 Å². The Kier molecular flexibility index (Phi) is 6.43. The van der Waals surface area contributed by atoms with Gasteiger partial charge < -0.3 is 10.1 Å². The van der Waals surface area contributed by atoms with Crippen LogP contribution in [0.2, 0.25) is 0 Å². The second-order valence-electron chi connectivity index (χ2n) is 6.63. The molecule has 0 unspecified atom stereocenters. The average Bonchev–Trinajstić information content (AvgIpc) is 2.70. The van der Waals surface area contributed by atoms with Crippen LogP contribution in [0.25, 0.3) is 0 Å². The van der Waals surface area contributed by atoms with Gasteiger partial charge in [-0.2, -0.15) is 4.31 Å². The summed E-state index contributed by atoms with van der Waals surface area (Å²) < 4.78 is 45.4. The third kappa shape index (κ3) is 4.76. The number of sulfonamides is 1. The summed E-state index contributed by atoms with van der Waals surface area (Å²) in [6.07, 6.45) is 0.552. The summed E-state index contributed by atoms with van der Waals surface area (Å²) >= 11 is 0. The molecule has 6 nitrogen and oxygen atoms in total. The first-order chi connectivity index (χ1) is 13.4. The summed E-state index contributed by atoms with van der Waals surface area (Å²) in [6, 6.07) is 10.8. The number of hydrogen-bond donors (Lipinski definition) is 1. The molecular formula is C20H23FN2O4S. The maximum atomic E-state index is 12.9. The topological polar surface area (TPSA) is 75.7 Å². The number of aryl methyl sites for hydroxylation is 1. The number of halogens is 1. The van der Waals surface area contributed by atoms with E-state index in [-0.39, 0.29) is 22.2 Å². The zero-order valence-electron chi connectivity index (χ0n) is 15.7. The van der Waals surface area contributed by atoms with Crippen LogP contribution in [0.4, 0.5) is 4.39 Å². The van der Waals surface area contributed by atoms with Gasteiger partial charge in [0.25, 0.3) is 5.91 Å². The lowest BCUT2D eigenvalue weighted by Crippen LogP contribution is -2.41. The molecule has 0 atom stereocenters. The van der Waals surface area contributed by atoms with E-state index in [1.807, 2.05) is 0 Å². The van der Waals surface area contributed by atoms with E-state index in [0.29, 0.717) is 44.8 Å². The van der Waals surface area contributed by atoms with E-state index >= 15 is 0 Å². The molecule has 1 heterocycles.